The molecule has 0 aromatic heterocycles. The van der Waals surface area contributed by atoms with Gasteiger partial charge in [0.1, 0.15) is 11.5 Å². The Morgan fingerprint density at radius 2 is 1.47 bits per heavy atom. The van der Waals surface area contributed by atoms with Gasteiger partial charge in [-0.25, -0.2) is 0 Å². The first-order valence-corrected chi connectivity index (χ1v) is 5.34. The third-order valence-corrected chi connectivity index (χ3v) is 2.78. The molecule has 0 aliphatic rings. The van der Waals surface area contributed by atoms with Crippen molar-refractivity contribution >= 4 is 0 Å². The molecule has 2 aromatic rings. The molecular weight excluding hydrogens is 216 g/mol. The maximum atomic E-state index is 9.48. The molecule has 0 radical (unpaired) electrons. The summed E-state index contributed by atoms with van der Waals surface area (Å²) in [5.74, 6) is 0.349. The molecule has 0 unspecified atom stereocenters. The van der Waals surface area contributed by atoms with Crippen LogP contribution < -0.4 is 0 Å². The van der Waals surface area contributed by atoms with Crippen LogP contribution in [-0.2, 0) is 6.61 Å². The summed E-state index contributed by atoms with van der Waals surface area (Å²) in [5.41, 5.74) is 3.12. The van der Waals surface area contributed by atoms with E-state index in [-0.39, 0.29) is 18.1 Å². The lowest BCUT2D eigenvalue weighted by Gasteiger charge is -2.07. The van der Waals surface area contributed by atoms with Crippen molar-refractivity contribution in [2.24, 2.45) is 0 Å². The Balaban J connectivity index is 2.49. The predicted molar refractivity (Wildman–Crippen MR) is 65.9 cm³/mol. The number of aromatic hydroxyl groups is 2. The van der Waals surface area contributed by atoms with Crippen LogP contribution in [0.5, 0.6) is 11.5 Å². The van der Waals surface area contributed by atoms with Crippen LogP contribution in [0.25, 0.3) is 11.1 Å². The normalized spacial score (nSPS) is 10.5. The number of aliphatic hydroxyl groups is 1. The molecule has 3 heteroatoms. The van der Waals surface area contributed by atoms with Crippen LogP contribution in [0.3, 0.4) is 0 Å². The fraction of sp³-hybridized carbons (Fsp3) is 0.143. The lowest BCUT2D eigenvalue weighted by molar-refractivity contribution is 0.275. The quantitative estimate of drug-likeness (QED) is 0.743. The van der Waals surface area contributed by atoms with Gasteiger partial charge in [-0.3, -0.25) is 0 Å². The molecule has 0 aliphatic carbocycles. The Morgan fingerprint density at radius 3 is 2.06 bits per heavy atom. The van der Waals surface area contributed by atoms with E-state index in [2.05, 4.69) is 0 Å². The third kappa shape index (κ3) is 2.24. The first kappa shape index (κ1) is 11.5. The molecule has 0 atom stereocenters. The second-order valence-corrected chi connectivity index (χ2v) is 4.00. The molecule has 0 bridgehead atoms. The van der Waals surface area contributed by atoms with Crippen molar-refractivity contribution in [1.29, 1.82) is 0 Å². The van der Waals surface area contributed by atoms with Crippen LogP contribution >= 0.6 is 0 Å². The predicted octanol–water partition coefficient (Wildman–Crippen LogP) is 2.57. The molecule has 88 valence electrons. The molecule has 0 saturated heterocycles. The zero-order valence-corrected chi connectivity index (χ0v) is 9.51. The molecule has 3 N–H and O–H groups in total. The van der Waals surface area contributed by atoms with Gasteiger partial charge in [0.25, 0.3) is 0 Å². The van der Waals surface area contributed by atoms with Gasteiger partial charge in [0.15, 0.2) is 0 Å². The number of aliphatic hydroxyl groups excluding tert-OH is 1. The monoisotopic (exact) mass is 230 g/mol. The minimum atomic E-state index is -0.198. The Bertz CT molecular complexity index is 547. The van der Waals surface area contributed by atoms with Crippen LogP contribution in [0, 0.1) is 6.92 Å². The van der Waals surface area contributed by atoms with Gasteiger partial charge in [-0.05, 0) is 47.9 Å². The molecule has 3 nitrogen and oxygen atoms in total. The van der Waals surface area contributed by atoms with Gasteiger partial charge < -0.3 is 15.3 Å². The number of hydrogen-bond acceptors (Lipinski definition) is 3. The van der Waals surface area contributed by atoms with E-state index in [1.54, 1.807) is 30.3 Å². The van der Waals surface area contributed by atoms with E-state index in [1.165, 1.54) is 0 Å². The minimum Gasteiger partial charge on any atom is -0.508 e. The summed E-state index contributed by atoms with van der Waals surface area (Å²) in [6, 6.07) is 10.4. The Morgan fingerprint density at radius 1 is 0.882 bits per heavy atom. The summed E-state index contributed by atoms with van der Waals surface area (Å²) in [4.78, 5) is 0. The Kier molecular flexibility index (Phi) is 3.02. The summed E-state index contributed by atoms with van der Waals surface area (Å²) in [5, 5.41) is 28.0. The first-order chi connectivity index (χ1) is 8.11. The highest BCUT2D eigenvalue weighted by molar-refractivity contribution is 5.67. The second-order valence-electron chi connectivity index (χ2n) is 4.00. The molecule has 17 heavy (non-hydrogen) atoms. The summed E-state index contributed by atoms with van der Waals surface area (Å²) in [6.45, 7) is 1.63. The topological polar surface area (TPSA) is 60.7 Å². The molecule has 0 aliphatic heterocycles. The van der Waals surface area contributed by atoms with Crippen molar-refractivity contribution < 1.29 is 15.3 Å². The summed E-state index contributed by atoms with van der Waals surface area (Å²) in [7, 11) is 0. The summed E-state index contributed by atoms with van der Waals surface area (Å²) >= 11 is 0. The Labute approximate surface area is 99.6 Å². The van der Waals surface area contributed by atoms with Crippen molar-refractivity contribution in [3.63, 3.8) is 0 Å². The Hall–Kier alpha value is -2.00. The van der Waals surface area contributed by atoms with Crippen LogP contribution in [-0.4, -0.2) is 15.3 Å². The summed E-state index contributed by atoms with van der Waals surface area (Å²) in [6.07, 6.45) is 0. The van der Waals surface area contributed by atoms with Crippen molar-refractivity contribution in [2.45, 2.75) is 13.5 Å². The highest BCUT2D eigenvalue weighted by atomic mass is 16.3. The smallest absolute Gasteiger partial charge is 0.121 e. The number of aryl methyl sites for hydroxylation is 1. The molecule has 0 heterocycles. The number of phenols is 2. The van der Waals surface area contributed by atoms with Crippen LogP contribution in [0.2, 0.25) is 0 Å². The van der Waals surface area contributed by atoms with E-state index in [1.807, 2.05) is 13.0 Å². The van der Waals surface area contributed by atoms with Crippen molar-refractivity contribution in [3.05, 3.63) is 47.5 Å². The van der Waals surface area contributed by atoms with Crippen molar-refractivity contribution in [3.8, 4) is 22.6 Å². The van der Waals surface area contributed by atoms with Gasteiger partial charge in [-0.1, -0.05) is 12.1 Å². The van der Waals surface area contributed by atoms with Gasteiger partial charge in [0.2, 0.25) is 0 Å². The highest BCUT2D eigenvalue weighted by Crippen LogP contribution is 2.28. The average Bonchev–Trinajstić information content (AvgIpc) is 2.33. The number of hydrogen-bond donors (Lipinski definition) is 3. The van der Waals surface area contributed by atoms with E-state index in [0.29, 0.717) is 5.56 Å². The largest absolute Gasteiger partial charge is 0.508 e. The molecule has 0 saturated carbocycles. The molecule has 2 rings (SSSR count). The fourth-order valence-electron chi connectivity index (χ4n) is 1.73. The van der Waals surface area contributed by atoms with Gasteiger partial charge >= 0.3 is 0 Å². The standard InChI is InChI=1S/C14H14O3/c1-9-6-10(2-4-13(9)16)11-3-5-14(17)12(7-11)8-15/h2-7,15-17H,8H2,1H3. The molecule has 0 amide bonds. The third-order valence-electron chi connectivity index (χ3n) is 2.78. The van der Waals surface area contributed by atoms with Gasteiger partial charge in [-0.15, -0.1) is 0 Å². The van der Waals surface area contributed by atoms with Gasteiger partial charge in [0.05, 0.1) is 6.61 Å². The van der Waals surface area contributed by atoms with Gasteiger partial charge in [-0.2, -0.15) is 0 Å². The first-order valence-electron chi connectivity index (χ1n) is 5.34. The molecule has 0 spiro atoms. The van der Waals surface area contributed by atoms with Crippen LogP contribution in [0.4, 0.5) is 0 Å². The summed E-state index contributed by atoms with van der Waals surface area (Å²) < 4.78 is 0. The van der Waals surface area contributed by atoms with Crippen LogP contribution in [0.15, 0.2) is 36.4 Å². The minimum absolute atomic E-state index is 0.0896. The average molecular weight is 230 g/mol. The van der Waals surface area contributed by atoms with Gasteiger partial charge in [0, 0.05) is 5.56 Å². The van der Waals surface area contributed by atoms with Crippen molar-refractivity contribution in [1.82, 2.24) is 0 Å². The highest BCUT2D eigenvalue weighted by Gasteiger charge is 2.05. The van der Waals surface area contributed by atoms with E-state index in [0.717, 1.165) is 16.7 Å². The lowest BCUT2D eigenvalue weighted by atomic mass is 10.0. The number of rotatable bonds is 2. The second kappa shape index (κ2) is 4.47. The van der Waals surface area contributed by atoms with E-state index < -0.39 is 0 Å². The lowest BCUT2D eigenvalue weighted by Crippen LogP contribution is -1.87. The zero-order chi connectivity index (χ0) is 12.4. The SMILES string of the molecule is Cc1cc(-c2ccc(O)c(CO)c2)ccc1O. The zero-order valence-electron chi connectivity index (χ0n) is 9.51. The maximum Gasteiger partial charge on any atom is 0.121 e. The molecule has 0 fully saturated rings. The fourth-order valence-corrected chi connectivity index (χ4v) is 1.73. The van der Waals surface area contributed by atoms with Crippen molar-refractivity contribution in [2.75, 3.05) is 0 Å². The van der Waals surface area contributed by atoms with Crippen LogP contribution in [0.1, 0.15) is 11.1 Å². The van der Waals surface area contributed by atoms with E-state index in [4.69, 9.17) is 5.11 Å². The van der Waals surface area contributed by atoms with E-state index in [9.17, 15) is 10.2 Å². The number of phenolic OH excluding ortho intramolecular Hbond substituents is 1. The molecular formula is C14H14O3. The molecule has 2 aromatic carbocycles. The van der Waals surface area contributed by atoms with E-state index >= 15 is 0 Å². The number of benzene rings is 2. The maximum absolute atomic E-state index is 9.48.